The molecule has 1 aromatic carbocycles. The van der Waals surface area contributed by atoms with E-state index in [-0.39, 0.29) is 12.4 Å². The van der Waals surface area contributed by atoms with Crippen molar-refractivity contribution in [1.82, 2.24) is 0 Å². The standard InChI is InChI=1S/C10H10F5NO2.ClH/c11-9(12)17-5-8(16)6-1-3-7(4-2-6)18-10(13,14)15;/h1-4,8-9H,5,16H2;1H. The van der Waals surface area contributed by atoms with Gasteiger partial charge in [-0.15, -0.1) is 25.6 Å². The van der Waals surface area contributed by atoms with E-state index in [0.717, 1.165) is 12.1 Å². The molecule has 0 spiro atoms. The van der Waals surface area contributed by atoms with Crippen molar-refractivity contribution in [3.05, 3.63) is 29.8 Å². The molecule has 0 heterocycles. The first kappa shape index (κ1) is 17.9. The highest BCUT2D eigenvalue weighted by molar-refractivity contribution is 5.85. The second-order valence-corrected chi connectivity index (χ2v) is 3.32. The quantitative estimate of drug-likeness (QED) is 0.849. The molecule has 0 aliphatic carbocycles. The van der Waals surface area contributed by atoms with Crippen LogP contribution in [0.2, 0.25) is 0 Å². The highest BCUT2D eigenvalue weighted by Crippen LogP contribution is 2.24. The molecule has 19 heavy (non-hydrogen) atoms. The normalized spacial score (nSPS) is 13.0. The molecule has 0 saturated heterocycles. The molecule has 1 rings (SSSR count). The van der Waals surface area contributed by atoms with Crippen LogP contribution in [0.5, 0.6) is 5.75 Å². The summed E-state index contributed by atoms with van der Waals surface area (Å²) >= 11 is 0. The highest BCUT2D eigenvalue weighted by Gasteiger charge is 2.31. The van der Waals surface area contributed by atoms with Gasteiger partial charge in [-0.2, -0.15) is 8.78 Å². The lowest BCUT2D eigenvalue weighted by Crippen LogP contribution is -2.19. The summed E-state index contributed by atoms with van der Waals surface area (Å²) < 4.78 is 66.7. The molecule has 1 atom stereocenters. The van der Waals surface area contributed by atoms with E-state index in [2.05, 4.69) is 9.47 Å². The lowest BCUT2D eigenvalue weighted by molar-refractivity contribution is -0.274. The van der Waals surface area contributed by atoms with Gasteiger partial charge in [0, 0.05) is 0 Å². The monoisotopic (exact) mass is 307 g/mol. The number of alkyl halides is 5. The Kier molecular flexibility index (Phi) is 7.02. The fourth-order valence-corrected chi connectivity index (χ4v) is 1.19. The fraction of sp³-hybridized carbons (Fsp3) is 0.400. The number of nitrogens with two attached hydrogens (primary N) is 1. The molecular formula is C10H11ClF5NO2. The number of benzene rings is 1. The Morgan fingerprint density at radius 3 is 2.05 bits per heavy atom. The van der Waals surface area contributed by atoms with Crippen LogP contribution in [-0.4, -0.2) is 19.6 Å². The van der Waals surface area contributed by atoms with E-state index in [1.807, 2.05) is 0 Å². The molecule has 0 fully saturated rings. The Labute approximate surface area is 111 Å². The van der Waals surface area contributed by atoms with Crippen molar-refractivity contribution in [2.24, 2.45) is 5.73 Å². The van der Waals surface area contributed by atoms with Crippen molar-refractivity contribution < 1.29 is 31.4 Å². The van der Waals surface area contributed by atoms with Gasteiger partial charge in [-0.25, -0.2) is 0 Å². The molecule has 1 unspecified atom stereocenters. The van der Waals surface area contributed by atoms with Crippen LogP contribution in [0.3, 0.4) is 0 Å². The molecule has 1 aromatic rings. The van der Waals surface area contributed by atoms with E-state index >= 15 is 0 Å². The Hall–Kier alpha value is -1.12. The van der Waals surface area contributed by atoms with Gasteiger partial charge in [0.1, 0.15) is 5.75 Å². The van der Waals surface area contributed by atoms with Crippen molar-refractivity contribution in [3.63, 3.8) is 0 Å². The van der Waals surface area contributed by atoms with Crippen molar-refractivity contribution in [3.8, 4) is 5.75 Å². The minimum absolute atomic E-state index is 0. The Morgan fingerprint density at radius 2 is 1.63 bits per heavy atom. The van der Waals surface area contributed by atoms with Gasteiger partial charge in [-0.1, -0.05) is 12.1 Å². The van der Waals surface area contributed by atoms with E-state index in [0.29, 0.717) is 5.56 Å². The van der Waals surface area contributed by atoms with Gasteiger partial charge >= 0.3 is 13.0 Å². The molecule has 3 nitrogen and oxygen atoms in total. The second kappa shape index (κ2) is 7.46. The van der Waals surface area contributed by atoms with Crippen molar-refractivity contribution in [2.75, 3.05) is 6.61 Å². The van der Waals surface area contributed by atoms with Crippen LogP contribution in [0.4, 0.5) is 22.0 Å². The average molecular weight is 308 g/mol. The fourth-order valence-electron chi connectivity index (χ4n) is 1.19. The largest absolute Gasteiger partial charge is 0.573 e. The molecule has 0 aliphatic heterocycles. The summed E-state index contributed by atoms with van der Waals surface area (Å²) in [5.74, 6) is -0.409. The molecule has 0 aliphatic rings. The smallest absolute Gasteiger partial charge is 0.406 e. The van der Waals surface area contributed by atoms with E-state index in [1.165, 1.54) is 12.1 Å². The maximum Gasteiger partial charge on any atom is 0.573 e. The van der Waals surface area contributed by atoms with Gasteiger partial charge < -0.3 is 15.2 Å². The van der Waals surface area contributed by atoms with Gasteiger partial charge in [0.05, 0.1) is 12.6 Å². The minimum Gasteiger partial charge on any atom is -0.406 e. The van der Waals surface area contributed by atoms with Crippen LogP contribution < -0.4 is 10.5 Å². The van der Waals surface area contributed by atoms with Gasteiger partial charge in [0.15, 0.2) is 0 Å². The van der Waals surface area contributed by atoms with Crippen LogP contribution in [0.25, 0.3) is 0 Å². The van der Waals surface area contributed by atoms with E-state index in [4.69, 9.17) is 5.73 Å². The maximum atomic E-state index is 11.9. The zero-order valence-corrected chi connectivity index (χ0v) is 10.2. The molecule has 0 aromatic heterocycles. The second-order valence-electron chi connectivity index (χ2n) is 3.32. The molecule has 0 amide bonds. The number of halogens is 6. The molecule has 110 valence electrons. The lowest BCUT2D eigenvalue weighted by Gasteiger charge is -2.13. The third kappa shape index (κ3) is 7.14. The van der Waals surface area contributed by atoms with E-state index in [1.54, 1.807) is 0 Å². The van der Waals surface area contributed by atoms with Gasteiger partial charge in [-0.05, 0) is 17.7 Å². The summed E-state index contributed by atoms with van der Waals surface area (Å²) in [4.78, 5) is 0. The summed E-state index contributed by atoms with van der Waals surface area (Å²) in [5, 5.41) is 0. The average Bonchev–Trinajstić information content (AvgIpc) is 2.24. The van der Waals surface area contributed by atoms with Crippen molar-refractivity contribution in [1.29, 1.82) is 0 Å². The summed E-state index contributed by atoms with van der Waals surface area (Å²) in [5.41, 5.74) is 5.87. The van der Waals surface area contributed by atoms with Gasteiger partial charge in [-0.3, -0.25) is 0 Å². The van der Waals surface area contributed by atoms with Crippen LogP contribution in [0.15, 0.2) is 24.3 Å². The number of ether oxygens (including phenoxy) is 2. The van der Waals surface area contributed by atoms with Crippen LogP contribution >= 0.6 is 12.4 Å². The summed E-state index contributed by atoms with van der Waals surface area (Å²) in [6, 6.07) is 3.75. The van der Waals surface area contributed by atoms with Crippen molar-refractivity contribution in [2.45, 2.75) is 19.0 Å². The van der Waals surface area contributed by atoms with E-state index in [9.17, 15) is 22.0 Å². The van der Waals surface area contributed by atoms with Crippen molar-refractivity contribution >= 4 is 12.4 Å². The predicted molar refractivity (Wildman–Crippen MR) is 59.3 cm³/mol. The molecule has 0 saturated carbocycles. The van der Waals surface area contributed by atoms with Gasteiger partial charge in [0.2, 0.25) is 0 Å². The zero-order chi connectivity index (χ0) is 13.8. The van der Waals surface area contributed by atoms with Crippen LogP contribution in [0, 0.1) is 0 Å². The van der Waals surface area contributed by atoms with E-state index < -0.39 is 31.4 Å². The summed E-state index contributed by atoms with van der Waals surface area (Å²) in [6.07, 6.45) is -4.78. The van der Waals surface area contributed by atoms with Crippen LogP contribution in [-0.2, 0) is 4.74 Å². The third-order valence-corrected chi connectivity index (χ3v) is 1.94. The Morgan fingerprint density at radius 1 is 1.11 bits per heavy atom. The first-order valence-electron chi connectivity index (χ1n) is 4.79. The predicted octanol–water partition coefficient (Wildman–Crippen LogP) is 3.25. The molecule has 0 bridgehead atoms. The number of hydrogen-bond donors (Lipinski definition) is 1. The number of hydrogen-bond acceptors (Lipinski definition) is 3. The third-order valence-electron chi connectivity index (χ3n) is 1.94. The Balaban J connectivity index is 0.00000324. The van der Waals surface area contributed by atoms with Crippen LogP contribution in [0.1, 0.15) is 11.6 Å². The van der Waals surface area contributed by atoms with Gasteiger partial charge in [0.25, 0.3) is 0 Å². The minimum atomic E-state index is -4.78. The Bertz CT molecular complexity index is 371. The molecule has 0 radical (unpaired) electrons. The first-order chi connectivity index (χ1) is 8.28. The first-order valence-corrected chi connectivity index (χ1v) is 4.79. The topological polar surface area (TPSA) is 44.5 Å². The lowest BCUT2D eigenvalue weighted by atomic mass is 10.1. The molecule has 9 heteroatoms. The SMILES string of the molecule is Cl.NC(COC(F)F)c1ccc(OC(F)(F)F)cc1. The molecule has 2 N–H and O–H groups in total. The summed E-state index contributed by atoms with van der Waals surface area (Å²) in [6.45, 7) is -3.37. The maximum absolute atomic E-state index is 11.9. The molecular weight excluding hydrogens is 297 g/mol. The highest BCUT2D eigenvalue weighted by atomic mass is 35.5. The number of rotatable bonds is 5. The summed E-state index contributed by atoms with van der Waals surface area (Å²) in [7, 11) is 0. The zero-order valence-electron chi connectivity index (χ0n) is 9.36.